The Hall–Kier alpha value is -1.95. The average Bonchev–Trinajstić information content (AvgIpc) is 2.51. The van der Waals surface area contributed by atoms with E-state index >= 15 is 0 Å². The maximum Gasteiger partial charge on any atom is 0.425 e. The second kappa shape index (κ2) is 10.7. The van der Waals surface area contributed by atoms with Crippen LogP contribution < -0.4 is 4.74 Å². The van der Waals surface area contributed by atoms with E-state index in [1.165, 1.54) is 5.57 Å². The molecule has 2 rings (SSSR count). The minimum absolute atomic E-state index is 0.0903. The zero-order valence-electron chi connectivity index (χ0n) is 14.3. The normalized spacial score (nSPS) is 12.1. The van der Waals surface area contributed by atoms with Crippen molar-refractivity contribution in [1.82, 2.24) is 0 Å². The van der Waals surface area contributed by atoms with Crippen LogP contribution in [-0.4, -0.2) is 25.0 Å². The van der Waals surface area contributed by atoms with Gasteiger partial charge >= 0.3 is 10.6 Å². The molecule has 1 aromatic rings. The van der Waals surface area contributed by atoms with Gasteiger partial charge in [-0.25, -0.2) is 0 Å². The molecule has 0 N–H and O–H groups in total. The Balaban J connectivity index is 0.000000705. The molecule has 0 aromatic heterocycles. The number of rotatable bonds is 3. The SMILES string of the molecule is CC.CC1=C(CC(=O)C(C)C)COc2ccccc21.O=S(=O)=O. The van der Waals surface area contributed by atoms with E-state index in [9.17, 15) is 4.79 Å². The van der Waals surface area contributed by atoms with Crippen molar-refractivity contribution >= 4 is 22.0 Å². The van der Waals surface area contributed by atoms with Crippen LogP contribution in [0.2, 0.25) is 0 Å². The lowest BCUT2D eigenvalue weighted by Gasteiger charge is -2.22. The van der Waals surface area contributed by atoms with E-state index in [1.807, 2.05) is 52.0 Å². The van der Waals surface area contributed by atoms with E-state index in [2.05, 4.69) is 6.92 Å². The average molecular weight is 340 g/mol. The van der Waals surface area contributed by atoms with Crippen molar-refractivity contribution in [2.45, 2.75) is 41.0 Å². The van der Waals surface area contributed by atoms with Gasteiger partial charge in [-0.15, -0.1) is 12.6 Å². The molecule has 0 atom stereocenters. The summed E-state index contributed by atoms with van der Waals surface area (Å²) in [5, 5.41) is 0. The molecule has 0 saturated heterocycles. The largest absolute Gasteiger partial charge is 0.489 e. The van der Waals surface area contributed by atoms with Gasteiger partial charge in [0.2, 0.25) is 0 Å². The predicted octanol–water partition coefficient (Wildman–Crippen LogP) is 3.49. The van der Waals surface area contributed by atoms with E-state index in [0.717, 1.165) is 16.9 Å². The monoisotopic (exact) mass is 340 g/mol. The minimum Gasteiger partial charge on any atom is -0.489 e. The van der Waals surface area contributed by atoms with Crippen LogP contribution in [0.5, 0.6) is 5.75 Å². The Morgan fingerprint density at radius 1 is 1.17 bits per heavy atom. The zero-order chi connectivity index (χ0) is 18.0. The Morgan fingerprint density at radius 3 is 2.22 bits per heavy atom. The van der Waals surface area contributed by atoms with Gasteiger partial charge in [0.15, 0.2) is 0 Å². The number of fused-ring (bicyclic) bond motifs is 1. The number of allylic oxidation sites excluding steroid dienone is 1. The van der Waals surface area contributed by atoms with Crippen LogP contribution in [-0.2, 0) is 15.4 Å². The number of ether oxygens (including phenoxy) is 1. The van der Waals surface area contributed by atoms with Crippen LogP contribution in [0.15, 0.2) is 29.8 Å². The number of benzene rings is 1. The Morgan fingerprint density at radius 2 is 1.70 bits per heavy atom. The topological polar surface area (TPSA) is 77.5 Å². The molecule has 5 nitrogen and oxygen atoms in total. The number of ketones is 1. The molecule has 0 spiro atoms. The first-order valence-corrected chi connectivity index (χ1v) is 8.53. The summed E-state index contributed by atoms with van der Waals surface area (Å²) in [6, 6.07) is 7.98. The molecule has 23 heavy (non-hydrogen) atoms. The van der Waals surface area contributed by atoms with Gasteiger partial charge in [-0.2, -0.15) is 0 Å². The van der Waals surface area contributed by atoms with Gasteiger partial charge in [0.05, 0.1) is 0 Å². The molecule has 0 bridgehead atoms. The molecule has 0 aliphatic carbocycles. The third-order valence-corrected chi connectivity index (χ3v) is 3.25. The highest BCUT2D eigenvalue weighted by molar-refractivity contribution is 7.59. The van der Waals surface area contributed by atoms with Crippen LogP contribution >= 0.6 is 0 Å². The van der Waals surface area contributed by atoms with Gasteiger partial charge in [0, 0.05) is 17.9 Å². The number of hydrogen-bond donors (Lipinski definition) is 0. The fourth-order valence-corrected chi connectivity index (χ4v) is 1.96. The maximum absolute atomic E-state index is 11.8. The van der Waals surface area contributed by atoms with E-state index in [-0.39, 0.29) is 11.7 Å². The van der Waals surface area contributed by atoms with Crippen molar-refractivity contribution in [3.05, 3.63) is 35.4 Å². The van der Waals surface area contributed by atoms with Crippen LogP contribution in [0.1, 0.15) is 46.6 Å². The number of carbonyl (C=O) groups is 1. The predicted molar refractivity (Wildman–Crippen MR) is 90.0 cm³/mol. The summed E-state index contributed by atoms with van der Waals surface area (Å²) in [6.07, 6.45) is 0.512. The third kappa shape index (κ3) is 7.23. The summed E-state index contributed by atoms with van der Waals surface area (Å²) in [6.45, 7) is 10.5. The van der Waals surface area contributed by atoms with E-state index in [1.54, 1.807) is 0 Å². The lowest BCUT2D eigenvalue weighted by atomic mass is 9.93. The second-order valence-corrected chi connectivity index (χ2v) is 5.42. The van der Waals surface area contributed by atoms with Crippen molar-refractivity contribution < 1.29 is 22.2 Å². The molecule has 0 amide bonds. The summed E-state index contributed by atoms with van der Waals surface area (Å²) >= 11 is 0. The van der Waals surface area contributed by atoms with E-state index < -0.39 is 10.6 Å². The number of carbonyl (C=O) groups excluding carboxylic acids is 1. The first kappa shape index (κ1) is 21.0. The number of para-hydroxylation sites is 1. The standard InChI is InChI=1S/C15H18O2.C2H6.O3S/c1-10(2)14(16)8-12-9-17-15-7-5-4-6-13(15)11(12)3;1-2;1-4(2)3/h4-7,10H,8-9H2,1-3H3;1-2H3;. The van der Waals surface area contributed by atoms with Gasteiger partial charge in [-0.3, -0.25) is 4.79 Å². The molecule has 6 heteroatoms. The Kier molecular flexibility index (Phi) is 9.81. The fraction of sp³-hybridized carbons (Fsp3) is 0.471. The van der Waals surface area contributed by atoms with Crippen molar-refractivity contribution in [2.75, 3.05) is 6.61 Å². The molecule has 0 unspecified atom stereocenters. The van der Waals surface area contributed by atoms with Gasteiger partial charge in [-0.05, 0) is 24.1 Å². The number of Topliss-reactive ketones (excluding diaryl/α,β-unsaturated/α-hetero) is 1. The van der Waals surface area contributed by atoms with Crippen molar-refractivity contribution in [2.24, 2.45) is 5.92 Å². The van der Waals surface area contributed by atoms with Crippen LogP contribution in [0.3, 0.4) is 0 Å². The summed E-state index contributed by atoms with van der Waals surface area (Å²) < 4.78 is 31.0. The van der Waals surface area contributed by atoms with Gasteiger partial charge in [-0.1, -0.05) is 45.9 Å². The summed E-state index contributed by atoms with van der Waals surface area (Å²) in [5.74, 6) is 1.29. The smallest absolute Gasteiger partial charge is 0.425 e. The molecular weight excluding hydrogens is 316 g/mol. The summed E-state index contributed by atoms with van der Waals surface area (Å²) in [4.78, 5) is 11.8. The Labute approximate surface area is 139 Å². The minimum atomic E-state index is -3.11. The lowest BCUT2D eigenvalue weighted by molar-refractivity contribution is -0.121. The molecule has 1 aliphatic heterocycles. The maximum atomic E-state index is 11.8. The second-order valence-electron chi connectivity index (χ2n) is 5.02. The molecule has 128 valence electrons. The van der Waals surface area contributed by atoms with Crippen molar-refractivity contribution in [1.29, 1.82) is 0 Å². The molecule has 1 aromatic carbocycles. The van der Waals surface area contributed by atoms with Crippen molar-refractivity contribution in [3.63, 3.8) is 0 Å². The fourth-order valence-electron chi connectivity index (χ4n) is 1.96. The number of hydrogen-bond acceptors (Lipinski definition) is 5. The van der Waals surface area contributed by atoms with Crippen LogP contribution in [0, 0.1) is 5.92 Å². The van der Waals surface area contributed by atoms with Gasteiger partial charge < -0.3 is 4.74 Å². The Bertz CT molecular complexity index is 650. The first-order valence-electron chi connectivity index (χ1n) is 7.53. The highest BCUT2D eigenvalue weighted by Crippen LogP contribution is 2.33. The molecule has 0 radical (unpaired) electrons. The van der Waals surface area contributed by atoms with Crippen molar-refractivity contribution in [3.8, 4) is 5.75 Å². The molecule has 0 fully saturated rings. The molecule has 0 saturated carbocycles. The quantitative estimate of drug-likeness (QED) is 0.841. The van der Waals surface area contributed by atoms with Gasteiger partial charge in [0.1, 0.15) is 18.1 Å². The zero-order valence-corrected chi connectivity index (χ0v) is 15.1. The molecular formula is C17H24O5S. The summed E-state index contributed by atoms with van der Waals surface area (Å²) in [7, 11) is -3.11. The molecule has 1 aliphatic rings. The highest BCUT2D eigenvalue weighted by Gasteiger charge is 2.19. The molecule has 1 heterocycles. The summed E-state index contributed by atoms with van der Waals surface area (Å²) in [5.41, 5.74) is 3.42. The van der Waals surface area contributed by atoms with Crippen LogP contribution in [0.25, 0.3) is 5.57 Å². The van der Waals surface area contributed by atoms with E-state index in [0.29, 0.717) is 13.0 Å². The van der Waals surface area contributed by atoms with Crippen LogP contribution in [0.4, 0.5) is 0 Å². The van der Waals surface area contributed by atoms with E-state index in [4.69, 9.17) is 17.4 Å². The first-order chi connectivity index (χ1) is 10.8. The lowest BCUT2D eigenvalue weighted by Crippen LogP contribution is -2.16. The third-order valence-electron chi connectivity index (χ3n) is 3.25. The van der Waals surface area contributed by atoms with Gasteiger partial charge in [0.25, 0.3) is 0 Å². The highest BCUT2D eigenvalue weighted by atomic mass is 32.2.